The quantitative estimate of drug-likeness (QED) is 0.708. The highest BCUT2D eigenvalue weighted by Crippen LogP contribution is 2.38. The zero-order valence-corrected chi connectivity index (χ0v) is 16.2. The van der Waals surface area contributed by atoms with Gasteiger partial charge in [-0.1, -0.05) is 0 Å². The van der Waals surface area contributed by atoms with Crippen molar-refractivity contribution < 1.29 is 9.90 Å². The van der Waals surface area contributed by atoms with Gasteiger partial charge in [0.05, 0.1) is 30.3 Å². The van der Waals surface area contributed by atoms with Crippen molar-refractivity contribution >= 4 is 28.0 Å². The molecule has 0 bridgehead atoms. The molecule has 29 heavy (non-hydrogen) atoms. The number of aromatic amines is 1. The molecule has 0 aromatic carbocycles. The van der Waals surface area contributed by atoms with Crippen LogP contribution in [0.1, 0.15) is 44.0 Å². The Morgan fingerprint density at radius 2 is 2.10 bits per heavy atom. The minimum atomic E-state index is -0.406. The Morgan fingerprint density at radius 3 is 2.83 bits per heavy atom. The van der Waals surface area contributed by atoms with Gasteiger partial charge in [0, 0.05) is 37.1 Å². The number of pyridine rings is 1. The third-order valence-electron chi connectivity index (χ3n) is 6.39. The molecule has 0 unspecified atom stereocenters. The molecule has 3 aromatic heterocycles. The van der Waals surface area contributed by atoms with Gasteiger partial charge in [0.1, 0.15) is 17.0 Å². The maximum absolute atomic E-state index is 12.7. The van der Waals surface area contributed by atoms with Crippen LogP contribution >= 0.6 is 0 Å². The number of carbonyl (C=O) groups is 1. The van der Waals surface area contributed by atoms with Gasteiger partial charge in [-0.15, -0.1) is 0 Å². The number of hydrogen-bond donors (Lipinski definition) is 2. The second kappa shape index (κ2) is 7.16. The number of rotatable bonds is 4. The normalized spacial score (nSPS) is 22.7. The summed E-state index contributed by atoms with van der Waals surface area (Å²) in [5, 5.41) is 19.6. The lowest BCUT2D eigenvalue weighted by atomic mass is 9.84. The predicted octanol–water partition coefficient (Wildman–Crippen LogP) is 2.30. The van der Waals surface area contributed by atoms with Gasteiger partial charge < -0.3 is 19.6 Å². The van der Waals surface area contributed by atoms with E-state index in [2.05, 4.69) is 20.6 Å². The smallest absolute Gasteiger partial charge is 0.230 e. The van der Waals surface area contributed by atoms with Crippen molar-refractivity contribution in [1.29, 1.82) is 5.26 Å². The van der Waals surface area contributed by atoms with Crippen LogP contribution in [0.15, 0.2) is 18.5 Å². The SMILES string of the molecule is N#CC[C@H]1CC[C@H](n2c(CC(=O)N3CC(O)C3)nc3cnc4[nH]ccc4c32)CC1. The molecule has 1 saturated carbocycles. The summed E-state index contributed by atoms with van der Waals surface area (Å²) in [6.07, 6.45) is 8.09. The highest BCUT2D eigenvalue weighted by molar-refractivity contribution is 6.01. The van der Waals surface area contributed by atoms with Gasteiger partial charge in [-0.2, -0.15) is 5.26 Å². The molecule has 1 aliphatic carbocycles. The molecular formula is C21H24N6O2. The summed E-state index contributed by atoms with van der Waals surface area (Å²) in [6, 6.07) is 4.58. The van der Waals surface area contributed by atoms with Crippen molar-refractivity contribution in [3.05, 3.63) is 24.3 Å². The number of imidazole rings is 1. The van der Waals surface area contributed by atoms with E-state index < -0.39 is 6.10 Å². The first-order chi connectivity index (χ1) is 14.1. The summed E-state index contributed by atoms with van der Waals surface area (Å²) in [5.74, 6) is 1.24. The molecule has 4 heterocycles. The number of nitrogens with one attached hydrogen (secondary N) is 1. The van der Waals surface area contributed by atoms with Crippen molar-refractivity contribution in [1.82, 2.24) is 24.4 Å². The standard InChI is InChI=1S/C21H24N6O2/c22-7-5-13-1-3-14(4-2-13)27-18(9-19(29)26-11-15(28)12-26)25-17-10-24-21-16(20(17)27)6-8-23-21/h6,8,10,13-15,28H,1-5,9,11-12H2,(H,23,24)/t13-,14-. The average Bonchev–Trinajstić information content (AvgIpc) is 3.30. The van der Waals surface area contributed by atoms with Crippen LogP contribution in [0.5, 0.6) is 0 Å². The van der Waals surface area contributed by atoms with Crippen LogP contribution in [0.4, 0.5) is 0 Å². The van der Waals surface area contributed by atoms with Crippen molar-refractivity contribution in [3.63, 3.8) is 0 Å². The highest BCUT2D eigenvalue weighted by Gasteiger charge is 2.32. The maximum atomic E-state index is 12.7. The fourth-order valence-electron chi connectivity index (χ4n) is 4.80. The number of fused-ring (bicyclic) bond motifs is 3. The zero-order valence-electron chi connectivity index (χ0n) is 16.2. The molecule has 3 aromatic rings. The zero-order chi connectivity index (χ0) is 20.0. The first-order valence-corrected chi connectivity index (χ1v) is 10.3. The first-order valence-electron chi connectivity index (χ1n) is 10.3. The molecule has 8 nitrogen and oxygen atoms in total. The van der Waals surface area contributed by atoms with E-state index in [-0.39, 0.29) is 18.4 Å². The van der Waals surface area contributed by atoms with Crippen molar-refractivity contribution in [2.75, 3.05) is 13.1 Å². The molecule has 2 N–H and O–H groups in total. The van der Waals surface area contributed by atoms with Crippen molar-refractivity contribution in [3.8, 4) is 6.07 Å². The summed E-state index contributed by atoms with van der Waals surface area (Å²) in [4.78, 5) is 26.8. The van der Waals surface area contributed by atoms with Crippen LogP contribution in [0, 0.1) is 17.2 Å². The van der Waals surface area contributed by atoms with E-state index in [1.807, 2.05) is 12.3 Å². The van der Waals surface area contributed by atoms with E-state index in [0.717, 1.165) is 53.6 Å². The van der Waals surface area contributed by atoms with E-state index in [9.17, 15) is 9.90 Å². The third kappa shape index (κ3) is 3.15. The van der Waals surface area contributed by atoms with Crippen LogP contribution < -0.4 is 0 Å². The summed E-state index contributed by atoms with van der Waals surface area (Å²) in [6.45, 7) is 0.809. The molecule has 8 heteroatoms. The molecule has 0 atom stereocenters. The average molecular weight is 392 g/mol. The van der Waals surface area contributed by atoms with Gasteiger partial charge in [-0.05, 0) is 37.7 Å². The molecule has 1 saturated heterocycles. The second-order valence-corrected chi connectivity index (χ2v) is 8.30. The Hall–Kier alpha value is -2.92. The van der Waals surface area contributed by atoms with Crippen LogP contribution in [-0.4, -0.2) is 54.6 Å². The lowest BCUT2D eigenvalue weighted by molar-refractivity contribution is -0.140. The van der Waals surface area contributed by atoms with Crippen LogP contribution in [0.25, 0.3) is 22.1 Å². The number of β-amino-alcohol motifs (C(OH)–C–C–N with tert-alkyl or cyclic N) is 1. The Morgan fingerprint density at radius 1 is 1.31 bits per heavy atom. The molecule has 1 amide bonds. The molecule has 0 spiro atoms. The van der Waals surface area contributed by atoms with E-state index in [4.69, 9.17) is 10.2 Å². The lowest BCUT2D eigenvalue weighted by Crippen LogP contribution is -2.54. The molecule has 0 radical (unpaired) electrons. The predicted molar refractivity (Wildman–Crippen MR) is 107 cm³/mol. The van der Waals surface area contributed by atoms with E-state index >= 15 is 0 Å². The Kier molecular flexibility index (Phi) is 4.47. The topological polar surface area (TPSA) is 111 Å². The summed E-state index contributed by atoms with van der Waals surface area (Å²) in [5.41, 5.74) is 2.66. The second-order valence-electron chi connectivity index (χ2n) is 8.30. The van der Waals surface area contributed by atoms with Gasteiger partial charge >= 0.3 is 0 Å². The molecule has 5 rings (SSSR count). The van der Waals surface area contributed by atoms with E-state index in [1.54, 1.807) is 11.1 Å². The summed E-state index contributed by atoms with van der Waals surface area (Å²) >= 11 is 0. The number of aromatic nitrogens is 4. The van der Waals surface area contributed by atoms with Gasteiger partial charge in [0.2, 0.25) is 5.91 Å². The first kappa shape index (κ1) is 18.1. The largest absolute Gasteiger partial charge is 0.389 e. The molecule has 2 aliphatic rings. The molecular weight excluding hydrogens is 368 g/mol. The molecule has 150 valence electrons. The fourth-order valence-corrected chi connectivity index (χ4v) is 4.80. The number of nitrogens with zero attached hydrogens (tertiary/aromatic N) is 5. The number of amides is 1. The van der Waals surface area contributed by atoms with Crippen molar-refractivity contribution in [2.24, 2.45) is 5.92 Å². The minimum Gasteiger partial charge on any atom is -0.389 e. The number of H-pyrrole nitrogens is 1. The lowest BCUT2D eigenvalue weighted by Gasteiger charge is -2.36. The number of aliphatic hydroxyl groups is 1. The Balaban J connectivity index is 1.53. The maximum Gasteiger partial charge on any atom is 0.230 e. The monoisotopic (exact) mass is 392 g/mol. The van der Waals surface area contributed by atoms with Gasteiger partial charge in [0.25, 0.3) is 0 Å². The van der Waals surface area contributed by atoms with Crippen LogP contribution in [-0.2, 0) is 11.2 Å². The third-order valence-corrected chi connectivity index (χ3v) is 6.39. The number of nitriles is 1. The van der Waals surface area contributed by atoms with E-state index in [0.29, 0.717) is 25.4 Å². The van der Waals surface area contributed by atoms with Gasteiger partial charge in [-0.3, -0.25) is 4.79 Å². The number of carbonyl (C=O) groups excluding carboxylic acids is 1. The fraction of sp³-hybridized carbons (Fsp3) is 0.524. The van der Waals surface area contributed by atoms with Gasteiger partial charge in [0.15, 0.2) is 0 Å². The number of aliphatic hydroxyl groups excluding tert-OH is 1. The molecule has 2 fully saturated rings. The van der Waals surface area contributed by atoms with Crippen LogP contribution in [0.3, 0.4) is 0 Å². The van der Waals surface area contributed by atoms with Crippen LogP contribution in [0.2, 0.25) is 0 Å². The molecule has 1 aliphatic heterocycles. The Bertz CT molecular complexity index is 1100. The van der Waals surface area contributed by atoms with Gasteiger partial charge in [-0.25, -0.2) is 9.97 Å². The number of hydrogen-bond acceptors (Lipinski definition) is 5. The number of likely N-dealkylation sites (tertiary alicyclic amines) is 1. The summed E-state index contributed by atoms with van der Waals surface area (Å²) < 4.78 is 2.25. The highest BCUT2D eigenvalue weighted by atomic mass is 16.3. The Labute approximate surface area is 168 Å². The minimum absolute atomic E-state index is 0.00305. The van der Waals surface area contributed by atoms with E-state index in [1.165, 1.54) is 0 Å². The van der Waals surface area contributed by atoms with Crippen molar-refractivity contribution in [2.45, 2.75) is 50.7 Å². The summed E-state index contributed by atoms with van der Waals surface area (Å²) in [7, 11) is 0.